The smallest absolute Gasteiger partial charge is 0.328 e. The summed E-state index contributed by atoms with van der Waals surface area (Å²) in [5.74, 6) is -5.29. The highest BCUT2D eigenvalue weighted by Crippen LogP contribution is 2.25. The minimum absolute atomic E-state index is 0.0425. The number of carbonyl (C=O) groups is 9. The van der Waals surface area contributed by atoms with E-state index < -0.39 is 90.2 Å². The summed E-state index contributed by atoms with van der Waals surface area (Å²) in [6.07, 6.45) is 16.5. The van der Waals surface area contributed by atoms with Crippen molar-refractivity contribution >= 4 is 53.1 Å². The van der Waals surface area contributed by atoms with Gasteiger partial charge in [0, 0.05) is 51.6 Å². The van der Waals surface area contributed by atoms with Gasteiger partial charge in [-0.1, -0.05) is 85.9 Å². The van der Waals surface area contributed by atoms with Gasteiger partial charge in [0.1, 0.15) is 47.7 Å². The minimum atomic E-state index is -1.47. The van der Waals surface area contributed by atoms with E-state index in [9.17, 15) is 53.4 Å². The Morgan fingerprint density at radius 2 is 1.43 bits per heavy atom. The fourth-order valence-electron chi connectivity index (χ4n) is 7.74. The molecule has 19 heteroatoms. The molecule has 0 spiro atoms. The Morgan fingerprint density at radius 1 is 0.806 bits per heavy atom. The van der Waals surface area contributed by atoms with E-state index in [1.54, 1.807) is 66.8 Å². The number of allylic oxidation sites excluding steroid dienone is 10. The molecule has 2 saturated heterocycles. The molecule has 0 saturated carbocycles. The van der Waals surface area contributed by atoms with Crippen molar-refractivity contribution in [3.05, 3.63) is 108 Å². The Kier molecular flexibility index (Phi) is 20.0. The number of ketones is 1. The van der Waals surface area contributed by atoms with Crippen LogP contribution >= 0.6 is 0 Å². The Hall–Kier alpha value is -7.15. The third-order valence-corrected chi connectivity index (χ3v) is 11.5. The van der Waals surface area contributed by atoms with E-state index in [4.69, 9.17) is 4.74 Å². The van der Waals surface area contributed by atoms with Gasteiger partial charge in [-0.05, 0) is 44.6 Å². The molecule has 2 fully saturated rings. The van der Waals surface area contributed by atoms with Crippen molar-refractivity contribution in [2.45, 2.75) is 95.5 Å². The van der Waals surface area contributed by atoms with Gasteiger partial charge in [-0.25, -0.2) is 4.79 Å². The summed E-state index contributed by atoms with van der Waals surface area (Å²) in [5.41, 5.74) is 0.621. The lowest BCUT2D eigenvalue weighted by Crippen LogP contribution is -2.59. The van der Waals surface area contributed by atoms with Gasteiger partial charge in [-0.2, -0.15) is 0 Å². The Labute approximate surface area is 389 Å². The van der Waals surface area contributed by atoms with Crippen molar-refractivity contribution in [1.82, 2.24) is 36.0 Å². The summed E-state index contributed by atoms with van der Waals surface area (Å²) in [6, 6.07) is 2.31. The second-order valence-electron chi connectivity index (χ2n) is 16.5. The molecule has 0 aromatic heterocycles. The number of likely N-dealkylation sites (tertiary alicyclic amines) is 2. The van der Waals surface area contributed by atoms with E-state index in [0.29, 0.717) is 24.9 Å². The van der Waals surface area contributed by atoms with Gasteiger partial charge in [0.2, 0.25) is 41.4 Å². The standard InChI is InChI=1S/C48H61N7O12/c1-30-26-37(48(66)67-5)55(28-30)45(63)31(2)49-43(61)32(3)53(4)47(65)36-20-17-25-54(36)46(64)35(29-56)51-44(62)34(27-33-18-13-12-14-19-33)50-40(59)21-15-10-8-6-7-9-11-16-22-41(60)52-42-38(57)23-24-39(42)58/h6-16,18-19,21-22,30-32,34-37,56-57H,17,20,23-29H2,1-5H3,(H,49,61)(H,50,59)(H,51,62)(H,52,60). The van der Waals surface area contributed by atoms with E-state index in [1.807, 2.05) is 6.92 Å². The molecule has 1 aromatic rings. The van der Waals surface area contributed by atoms with Crippen LogP contribution in [0.5, 0.6) is 0 Å². The van der Waals surface area contributed by atoms with E-state index in [-0.39, 0.29) is 55.4 Å². The zero-order valence-electron chi connectivity index (χ0n) is 38.4. The van der Waals surface area contributed by atoms with Crippen molar-refractivity contribution in [1.29, 1.82) is 0 Å². The zero-order valence-corrected chi connectivity index (χ0v) is 38.4. The minimum Gasteiger partial charge on any atom is -0.510 e. The molecule has 7 unspecified atom stereocenters. The van der Waals surface area contributed by atoms with Gasteiger partial charge in [-0.3, -0.25) is 38.4 Å². The molecule has 0 radical (unpaired) electrons. The van der Waals surface area contributed by atoms with Crippen LogP contribution in [-0.2, 0) is 54.3 Å². The predicted molar refractivity (Wildman–Crippen MR) is 245 cm³/mol. The number of ether oxygens (including phenoxy) is 1. The summed E-state index contributed by atoms with van der Waals surface area (Å²) in [7, 11) is 2.64. The number of carbonyl (C=O) groups excluding carboxylic acids is 9. The Morgan fingerprint density at radius 3 is 2.03 bits per heavy atom. The monoisotopic (exact) mass is 927 g/mol. The number of hydrogen-bond acceptors (Lipinski definition) is 12. The van der Waals surface area contributed by atoms with Crippen LogP contribution in [0.4, 0.5) is 0 Å². The molecular formula is C48H61N7O12. The molecule has 67 heavy (non-hydrogen) atoms. The highest BCUT2D eigenvalue weighted by Gasteiger charge is 2.43. The maximum Gasteiger partial charge on any atom is 0.328 e. The molecule has 1 aliphatic carbocycles. The molecule has 2 heterocycles. The fourth-order valence-corrected chi connectivity index (χ4v) is 7.74. The summed E-state index contributed by atoms with van der Waals surface area (Å²) in [6.45, 7) is 4.51. The van der Waals surface area contributed by atoms with Crippen LogP contribution in [0, 0.1) is 5.92 Å². The normalized spacial score (nSPS) is 20.4. The van der Waals surface area contributed by atoms with Gasteiger partial charge in [-0.15, -0.1) is 0 Å². The van der Waals surface area contributed by atoms with Crippen molar-refractivity contribution in [2.75, 3.05) is 33.9 Å². The second kappa shape index (κ2) is 25.5. The highest BCUT2D eigenvalue weighted by atomic mass is 16.5. The molecule has 4 rings (SSSR count). The topological polar surface area (TPSA) is 261 Å². The molecular weight excluding hydrogens is 867 g/mol. The van der Waals surface area contributed by atoms with E-state index in [2.05, 4.69) is 21.3 Å². The Balaban J connectivity index is 1.32. The first-order chi connectivity index (χ1) is 32.0. The van der Waals surface area contributed by atoms with Crippen LogP contribution in [0.1, 0.15) is 58.4 Å². The van der Waals surface area contributed by atoms with E-state index in [0.717, 1.165) is 0 Å². The lowest BCUT2D eigenvalue weighted by atomic mass is 10.0. The molecule has 7 amide bonds. The molecule has 1 aromatic carbocycles. The number of methoxy groups -OCH3 is 1. The van der Waals surface area contributed by atoms with E-state index >= 15 is 0 Å². The average molecular weight is 928 g/mol. The molecule has 2 aliphatic heterocycles. The fraction of sp³-hybridized carbons (Fsp3) is 0.438. The van der Waals surface area contributed by atoms with Crippen molar-refractivity contribution < 1.29 is 58.1 Å². The first kappa shape index (κ1) is 52.5. The number of aliphatic hydroxyl groups excluding tert-OH is 2. The Bertz CT molecular complexity index is 2200. The number of likely N-dealkylation sites (N-methyl/N-ethyl adjacent to an activating group) is 1. The molecule has 0 bridgehead atoms. The van der Waals surface area contributed by atoms with Crippen LogP contribution in [0.25, 0.3) is 0 Å². The van der Waals surface area contributed by atoms with Crippen LogP contribution in [0.15, 0.2) is 103 Å². The summed E-state index contributed by atoms with van der Waals surface area (Å²) in [4.78, 5) is 121. The number of rotatable bonds is 20. The van der Waals surface area contributed by atoms with Gasteiger partial charge in [0.15, 0.2) is 5.78 Å². The summed E-state index contributed by atoms with van der Waals surface area (Å²) in [5, 5.41) is 30.2. The number of esters is 1. The van der Waals surface area contributed by atoms with Crippen molar-refractivity contribution in [3.8, 4) is 0 Å². The molecule has 19 nitrogen and oxygen atoms in total. The van der Waals surface area contributed by atoms with Gasteiger partial charge >= 0.3 is 5.97 Å². The maximum atomic E-state index is 13.9. The number of Topliss-reactive ketones (excluding diaryl/α,β-unsaturated/α-hetero) is 1. The van der Waals surface area contributed by atoms with Gasteiger partial charge in [0.05, 0.1) is 13.7 Å². The van der Waals surface area contributed by atoms with Crippen LogP contribution in [-0.4, -0.2) is 148 Å². The van der Waals surface area contributed by atoms with Crippen LogP contribution < -0.4 is 21.3 Å². The first-order valence-electron chi connectivity index (χ1n) is 22.1. The SMILES string of the molecule is COC(=O)C1CC(C)CN1C(=O)C(C)NC(=O)C(C)N(C)C(=O)C1CCCN1C(=O)C(CO)NC(=O)C(Cc1ccccc1)NC(=O)C=CC=CC=CC=CC=CC(=O)NC1=C(O)CCC1=O. The van der Waals surface area contributed by atoms with Gasteiger partial charge in [0.25, 0.3) is 0 Å². The maximum absolute atomic E-state index is 13.9. The number of aliphatic hydroxyl groups is 2. The number of nitrogens with one attached hydrogen (secondary N) is 4. The molecule has 6 N–H and O–H groups in total. The first-order valence-corrected chi connectivity index (χ1v) is 22.1. The van der Waals surface area contributed by atoms with Crippen molar-refractivity contribution in [3.63, 3.8) is 0 Å². The third kappa shape index (κ3) is 14.9. The number of benzene rings is 1. The predicted octanol–water partition coefficient (Wildman–Crippen LogP) is 0.973. The van der Waals surface area contributed by atoms with Crippen LogP contribution in [0.2, 0.25) is 0 Å². The number of hydrogen-bond donors (Lipinski definition) is 6. The zero-order chi connectivity index (χ0) is 49.2. The third-order valence-electron chi connectivity index (χ3n) is 11.5. The van der Waals surface area contributed by atoms with E-state index in [1.165, 1.54) is 67.0 Å². The number of amides is 7. The average Bonchev–Trinajstić information content (AvgIpc) is 4.05. The molecule has 360 valence electrons. The van der Waals surface area contributed by atoms with Crippen LogP contribution in [0.3, 0.4) is 0 Å². The lowest BCUT2D eigenvalue weighted by Gasteiger charge is -2.33. The molecule has 7 atom stereocenters. The van der Waals surface area contributed by atoms with Crippen molar-refractivity contribution in [2.24, 2.45) is 5.92 Å². The quantitative estimate of drug-likeness (QED) is 0.0608. The summed E-state index contributed by atoms with van der Waals surface area (Å²) >= 11 is 0. The lowest BCUT2D eigenvalue weighted by molar-refractivity contribution is -0.152. The van der Waals surface area contributed by atoms with Gasteiger partial charge < -0.3 is 50.9 Å². The largest absolute Gasteiger partial charge is 0.510 e. The summed E-state index contributed by atoms with van der Waals surface area (Å²) < 4.78 is 4.86. The molecule has 3 aliphatic rings. The highest BCUT2D eigenvalue weighted by molar-refractivity contribution is 6.03. The second-order valence-corrected chi connectivity index (χ2v) is 16.5. The number of nitrogens with zero attached hydrogens (tertiary/aromatic N) is 3.